The Morgan fingerprint density at radius 3 is 2.50 bits per heavy atom. The Labute approximate surface area is 189 Å². The predicted molar refractivity (Wildman–Crippen MR) is 130 cm³/mol. The average Bonchev–Trinajstić information content (AvgIpc) is 3.18. The van der Waals surface area contributed by atoms with Gasteiger partial charge in [0.25, 0.3) is 5.91 Å². The maximum Gasteiger partial charge on any atom is 0.261 e. The van der Waals surface area contributed by atoms with Gasteiger partial charge >= 0.3 is 0 Å². The first-order chi connectivity index (χ1) is 15.3. The number of aromatic amines is 1. The molecule has 1 aromatic heterocycles. The molecular formula is C25H33N5O2. The fourth-order valence-electron chi connectivity index (χ4n) is 4.14. The fraction of sp³-hybridized carbons (Fsp3) is 0.440. The van der Waals surface area contributed by atoms with Gasteiger partial charge in [0.1, 0.15) is 5.75 Å². The maximum atomic E-state index is 13.3. The molecule has 2 N–H and O–H groups in total. The summed E-state index contributed by atoms with van der Waals surface area (Å²) in [4.78, 5) is 19.5. The number of aryl methyl sites for hydroxylation is 1. The number of amides is 1. The molecule has 0 atom stereocenters. The van der Waals surface area contributed by atoms with Gasteiger partial charge in [0, 0.05) is 56.1 Å². The zero-order valence-electron chi connectivity index (χ0n) is 19.4. The third-order valence-corrected chi connectivity index (χ3v) is 6.36. The number of carbonyl (C=O) groups excluding carboxylic acids is 1. The van der Waals surface area contributed by atoms with Crippen LogP contribution in [-0.4, -0.2) is 66.4 Å². The van der Waals surface area contributed by atoms with Crippen LogP contribution in [0.5, 0.6) is 5.75 Å². The van der Waals surface area contributed by atoms with Crippen molar-refractivity contribution in [2.75, 3.05) is 50.1 Å². The Kier molecular flexibility index (Phi) is 6.37. The molecule has 7 nitrogen and oxygen atoms in total. The number of piperazine rings is 1. The van der Waals surface area contributed by atoms with Crippen molar-refractivity contribution in [1.82, 2.24) is 15.1 Å². The normalized spacial score (nSPS) is 15.0. The number of H-pyrrole nitrogens is 1. The van der Waals surface area contributed by atoms with Crippen LogP contribution in [0.15, 0.2) is 36.4 Å². The van der Waals surface area contributed by atoms with Gasteiger partial charge in [-0.2, -0.15) is 5.10 Å². The number of phenols is 1. The minimum Gasteiger partial charge on any atom is -0.507 e. The molecule has 1 amide bonds. The van der Waals surface area contributed by atoms with Crippen LogP contribution in [0.1, 0.15) is 36.3 Å². The Hall–Kier alpha value is -3.06. The summed E-state index contributed by atoms with van der Waals surface area (Å²) in [5.74, 6) is 0.287. The molecule has 7 heteroatoms. The number of phenolic OH excluding ortho intramolecular Hbond substituents is 1. The molecule has 0 radical (unpaired) electrons. The number of hydrogen-bond acceptors (Lipinski definition) is 5. The number of fused-ring (bicyclic) bond motifs is 1. The summed E-state index contributed by atoms with van der Waals surface area (Å²) >= 11 is 0. The number of benzene rings is 2. The van der Waals surface area contributed by atoms with Crippen molar-refractivity contribution < 1.29 is 9.90 Å². The van der Waals surface area contributed by atoms with E-state index in [0.717, 1.165) is 61.3 Å². The molecule has 0 aliphatic carbocycles. The zero-order valence-corrected chi connectivity index (χ0v) is 19.4. The number of anilines is 2. The molecule has 4 rings (SSSR count). The van der Waals surface area contributed by atoms with Crippen LogP contribution in [0.4, 0.5) is 11.4 Å². The van der Waals surface area contributed by atoms with Crippen LogP contribution in [0.25, 0.3) is 10.9 Å². The monoisotopic (exact) mass is 435 g/mol. The third-order valence-electron chi connectivity index (χ3n) is 6.36. The van der Waals surface area contributed by atoms with Crippen molar-refractivity contribution in [2.45, 2.75) is 26.7 Å². The highest BCUT2D eigenvalue weighted by Gasteiger charge is 2.21. The second kappa shape index (κ2) is 9.20. The van der Waals surface area contributed by atoms with Crippen LogP contribution in [0.2, 0.25) is 0 Å². The summed E-state index contributed by atoms with van der Waals surface area (Å²) in [7, 11) is 3.89. The molecule has 3 aromatic rings. The number of nitrogens with one attached hydrogen (secondary N) is 1. The molecule has 1 aliphatic heterocycles. The topological polar surface area (TPSA) is 75.7 Å². The smallest absolute Gasteiger partial charge is 0.261 e. The minimum absolute atomic E-state index is 0.0394. The number of aromatic hydroxyl groups is 1. The largest absolute Gasteiger partial charge is 0.507 e. The van der Waals surface area contributed by atoms with Crippen LogP contribution in [-0.2, 0) is 6.42 Å². The van der Waals surface area contributed by atoms with E-state index in [4.69, 9.17) is 0 Å². The van der Waals surface area contributed by atoms with Gasteiger partial charge in [0.2, 0.25) is 0 Å². The van der Waals surface area contributed by atoms with Gasteiger partial charge in [-0.15, -0.1) is 0 Å². The van der Waals surface area contributed by atoms with Gasteiger partial charge in [-0.05, 0) is 56.1 Å². The second-order valence-electron chi connectivity index (χ2n) is 9.19. The molecule has 1 aliphatic rings. The number of aromatic nitrogens is 2. The Morgan fingerprint density at radius 2 is 1.84 bits per heavy atom. The molecule has 2 aromatic carbocycles. The minimum atomic E-state index is -0.243. The first-order valence-corrected chi connectivity index (χ1v) is 11.3. The van der Waals surface area contributed by atoms with Crippen LogP contribution in [0.3, 0.4) is 0 Å². The van der Waals surface area contributed by atoms with Gasteiger partial charge in [0.15, 0.2) is 0 Å². The molecule has 0 spiro atoms. The highest BCUT2D eigenvalue weighted by Crippen LogP contribution is 2.29. The fourth-order valence-corrected chi connectivity index (χ4v) is 4.14. The predicted octanol–water partition coefficient (Wildman–Crippen LogP) is 3.89. The van der Waals surface area contributed by atoms with Crippen molar-refractivity contribution in [2.24, 2.45) is 5.92 Å². The lowest BCUT2D eigenvalue weighted by Crippen LogP contribution is -2.44. The van der Waals surface area contributed by atoms with E-state index in [0.29, 0.717) is 5.92 Å². The number of carbonyl (C=O) groups is 1. The van der Waals surface area contributed by atoms with Crippen molar-refractivity contribution in [3.8, 4) is 5.75 Å². The summed E-state index contributed by atoms with van der Waals surface area (Å²) in [6.07, 6.45) is 1.85. The quantitative estimate of drug-likeness (QED) is 0.614. The van der Waals surface area contributed by atoms with Gasteiger partial charge < -0.3 is 19.8 Å². The molecule has 0 unspecified atom stereocenters. The van der Waals surface area contributed by atoms with Crippen LogP contribution in [0, 0.1) is 5.92 Å². The molecule has 1 saturated heterocycles. The summed E-state index contributed by atoms with van der Waals surface area (Å²) in [5.41, 5.74) is 3.93. The summed E-state index contributed by atoms with van der Waals surface area (Å²) in [5, 5.41) is 18.8. The summed E-state index contributed by atoms with van der Waals surface area (Å²) < 4.78 is 0. The number of nitrogens with zero attached hydrogens (tertiary/aromatic N) is 4. The first kappa shape index (κ1) is 22.1. The maximum absolute atomic E-state index is 13.3. The lowest BCUT2D eigenvalue weighted by molar-refractivity contribution is 0.0990. The highest BCUT2D eigenvalue weighted by molar-refractivity contribution is 6.09. The van der Waals surface area contributed by atoms with Crippen molar-refractivity contribution in [1.29, 1.82) is 0 Å². The van der Waals surface area contributed by atoms with Crippen molar-refractivity contribution in [3.63, 3.8) is 0 Å². The molecule has 32 heavy (non-hydrogen) atoms. The molecule has 0 saturated carbocycles. The van der Waals surface area contributed by atoms with Crippen LogP contribution < -0.4 is 9.80 Å². The molecular weight excluding hydrogens is 402 g/mol. The molecule has 0 bridgehead atoms. The molecule has 170 valence electrons. The van der Waals surface area contributed by atoms with Gasteiger partial charge in [-0.3, -0.25) is 9.89 Å². The SMILES string of the molecule is CC(C)CCc1n[nH]c2cc(O)c(C(=O)N(C)c3ccc(N4CCN(C)CC4)cc3)cc12. The average molecular weight is 436 g/mol. The number of likely N-dealkylation sites (N-methyl/N-ethyl adjacent to an activating group) is 1. The standard InChI is InChI=1S/C25H33N5O2/c1-17(2)5-10-22-20-15-21(24(31)16-23(20)27-26-22)25(32)29(4)18-6-8-19(9-7-18)30-13-11-28(3)12-14-30/h6-9,15-17,31H,5,10-14H2,1-4H3,(H,26,27). The van der Waals surface area contributed by atoms with E-state index in [-0.39, 0.29) is 17.2 Å². The first-order valence-electron chi connectivity index (χ1n) is 11.3. The van der Waals surface area contributed by atoms with Crippen molar-refractivity contribution >= 4 is 28.2 Å². The summed E-state index contributed by atoms with van der Waals surface area (Å²) in [6.45, 7) is 8.47. The van der Waals surface area contributed by atoms with E-state index in [1.807, 2.05) is 12.1 Å². The molecule has 2 heterocycles. The Bertz CT molecular complexity index is 1080. The highest BCUT2D eigenvalue weighted by atomic mass is 16.3. The van der Waals surface area contributed by atoms with E-state index in [1.54, 1.807) is 24.1 Å². The van der Waals surface area contributed by atoms with E-state index < -0.39 is 0 Å². The van der Waals surface area contributed by atoms with Gasteiger partial charge in [0.05, 0.1) is 16.8 Å². The van der Waals surface area contributed by atoms with E-state index in [2.05, 4.69) is 53.0 Å². The van der Waals surface area contributed by atoms with Gasteiger partial charge in [-0.25, -0.2) is 0 Å². The number of rotatable bonds is 6. The van der Waals surface area contributed by atoms with Gasteiger partial charge in [-0.1, -0.05) is 13.8 Å². The van der Waals surface area contributed by atoms with E-state index in [9.17, 15) is 9.90 Å². The van der Waals surface area contributed by atoms with E-state index in [1.165, 1.54) is 5.69 Å². The third kappa shape index (κ3) is 4.58. The van der Waals surface area contributed by atoms with E-state index >= 15 is 0 Å². The lowest BCUT2D eigenvalue weighted by atomic mass is 10.0. The second-order valence-corrected chi connectivity index (χ2v) is 9.19. The lowest BCUT2D eigenvalue weighted by Gasteiger charge is -2.34. The zero-order chi connectivity index (χ0) is 22.8. The molecule has 1 fully saturated rings. The Morgan fingerprint density at radius 1 is 1.16 bits per heavy atom. The van der Waals surface area contributed by atoms with Crippen LogP contribution >= 0.6 is 0 Å². The van der Waals surface area contributed by atoms with Crippen molar-refractivity contribution in [3.05, 3.63) is 47.7 Å². The summed E-state index contributed by atoms with van der Waals surface area (Å²) in [6, 6.07) is 11.4. The number of hydrogen-bond donors (Lipinski definition) is 2. The Balaban J connectivity index is 1.54.